The number of imide groups is 2. The van der Waals surface area contributed by atoms with Crippen LogP contribution in [0.5, 0.6) is 0 Å². The van der Waals surface area contributed by atoms with Gasteiger partial charge in [-0.3, -0.25) is 29.0 Å². The maximum atomic E-state index is 12.9. The van der Waals surface area contributed by atoms with Crippen molar-refractivity contribution in [3.8, 4) is 0 Å². The van der Waals surface area contributed by atoms with E-state index in [1.54, 1.807) is 0 Å². The normalized spacial score (nSPS) is 11.9. The summed E-state index contributed by atoms with van der Waals surface area (Å²) in [5.41, 5.74) is -1.23. The predicted octanol–water partition coefficient (Wildman–Crippen LogP) is 7.59. The Morgan fingerprint density at radius 3 is 1.54 bits per heavy atom. The van der Waals surface area contributed by atoms with E-state index >= 15 is 0 Å². The van der Waals surface area contributed by atoms with Crippen LogP contribution in [0, 0.1) is 0 Å². The van der Waals surface area contributed by atoms with Crippen molar-refractivity contribution in [1.82, 2.24) is 9.80 Å². The first-order valence-electron chi connectivity index (χ1n) is 15.6. The van der Waals surface area contributed by atoms with Crippen molar-refractivity contribution in [3.63, 3.8) is 0 Å². The summed E-state index contributed by atoms with van der Waals surface area (Å²) < 4.78 is 6.16. The molecule has 4 amide bonds. The molecule has 0 heterocycles. The van der Waals surface area contributed by atoms with Gasteiger partial charge in [-0.25, -0.2) is 0 Å². The molecule has 0 spiro atoms. The first-order chi connectivity index (χ1) is 18.3. The quantitative estimate of drug-likeness (QED) is 0.129. The largest absolute Gasteiger partial charge is 0.375 e. The third-order valence-corrected chi connectivity index (χ3v) is 7.48. The molecule has 0 rings (SSSR count). The Labute approximate surface area is 239 Å². The van der Waals surface area contributed by atoms with Crippen LogP contribution in [-0.4, -0.2) is 57.7 Å². The molecule has 0 N–H and O–H groups in total. The van der Waals surface area contributed by atoms with Crippen LogP contribution >= 0.6 is 0 Å². The van der Waals surface area contributed by atoms with E-state index in [2.05, 4.69) is 13.8 Å². The summed E-state index contributed by atoms with van der Waals surface area (Å²) in [6.07, 6.45) is 14.9. The van der Waals surface area contributed by atoms with E-state index < -0.39 is 11.1 Å². The molecule has 7 heteroatoms. The molecule has 39 heavy (non-hydrogen) atoms. The van der Waals surface area contributed by atoms with Gasteiger partial charge in [0.05, 0.1) is 5.60 Å². The predicted molar refractivity (Wildman–Crippen MR) is 159 cm³/mol. The van der Waals surface area contributed by atoms with Crippen molar-refractivity contribution in [3.05, 3.63) is 0 Å². The summed E-state index contributed by atoms with van der Waals surface area (Å²) in [6, 6.07) is 0. The molecule has 0 aliphatic rings. The van der Waals surface area contributed by atoms with Crippen LogP contribution in [0.2, 0.25) is 0 Å². The smallest absolute Gasteiger partial charge is 0.229 e. The van der Waals surface area contributed by atoms with Gasteiger partial charge in [-0.1, -0.05) is 78.1 Å². The third kappa shape index (κ3) is 16.8. The Kier molecular flexibility index (Phi) is 19.3. The lowest BCUT2D eigenvalue weighted by Gasteiger charge is -2.37. The SMILES string of the molecule is CCCCCCCCC(=O)N(CCC(C)(C)OCCC(C)(C)N(C(C)=O)C(=O)CCCCCCCC)C(C)=O. The fraction of sp³-hybridized carbons (Fsp3) is 0.875. The number of carbonyl (C=O) groups is 4. The van der Waals surface area contributed by atoms with Crippen LogP contribution in [0.3, 0.4) is 0 Å². The zero-order valence-corrected chi connectivity index (χ0v) is 26.7. The molecule has 0 unspecified atom stereocenters. The van der Waals surface area contributed by atoms with E-state index in [0.717, 1.165) is 38.5 Å². The maximum absolute atomic E-state index is 12.9. The average molecular weight is 553 g/mol. The number of carbonyl (C=O) groups excluding carboxylic acids is 4. The van der Waals surface area contributed by atoms with E-state index in [9.17, 15) is 19.2 Å². The van der Waals surface area contributed by atoms with Gasteiger partial charge < -0.3 is 4.74 Å². The number of amides is 4. The molecule has 7 nitrogen and oxygen atoms in total. The Bertz CT molecular complexity index is 732. The standard InChI is InChI=1S/C32H60N2O5/c1-9-11-13-15-17-19-21-29(37)33(27(3)35)25-23-32(7,8)39-26-24-31(5,6)34(28(4)36)30(38)22-20-18-16-14-12-10-2/h9-26H2,1-8H3. The monoisotopic (exact) mass is 552 g/mol. The number of nitrogens with zero attached hydrogens (tertiary/aromatic N) is 2. The van der Waals surface area contributed by atoms with Gasteiger partial charge in [0.15, 0.2) is 0 Å². The van der Waals surface area contributed by atoms with Crippen LogP contribution in [0.1, 0.15) is 158 Å². The fourth-order valence-electron chi connectivity index (χ4n) is 4.90. The van der Waals surface area contributed by atoms with Gasteiger partial charge in [-0.05, 0) is 53.4 Å². The van der Waals surface area contributed by atoms with Crippen molar-refractivity contribution >= 4 is 23.6 Å². The first-order valence-corrected chi connectivity index (χ1v) is 15.6. The highest BCUT2D eigenvalue weighted by Crippen LogP contribution is 2.24. The highest BCUT2D eigenvalue weighted by molar-refractivity contribution is 5.95. The van der Waals surface area contributed by atoms with Crippen LogP contribution in [-0.2, 0) is 23.9 Å². The van der Waals surface area contributed by atoms with Gasteiger partial charge in [0, 0.05) is 45.4 Å². The second-order valence-electron chi connectivity index (χ2n) is 12.3. The van der Waals surface area contributed by atoms with Crippen LogP contribution in [0.25, 0.3) is 0 Å². The van der Waals surface area contributed by atoms with Crippen molar-refractivity contribution in [2.75, 3.05) is 13.2 Å². The summed E-state index contributed by atoms with van der Waals surface area (Å²) >= 11 is 0. The first kappa shape index (κ1) is 37.2. The van der Waals surface area contributed by atoms with Crippen LogP contribution in [0.15, 0.2) is 0 Å². The molecule has 0 atom stereocenters. The van der Waals surface area contributed by atoms with Gasteiger partial charge in [0.2, 0.25) is 23.6 Å². The lowest BCUT2D eigenvalue weighted by Crippen LogP contribution is -2.51. The molecular weight excluding hydrogens is 492 g/mol. The number of hydrogen-bond acceptors (Lipinski definition) is 5. The zero-order chi connectivity index (χ0) is 29.9. The lowest BCUT2D eigenvalue weighted by molar-refractivity contribution is -0.151. The summed E-state index contributed by atoms with van der Waals surface area (Å²) in [5.74, 6) is -0.709. The Hall–Kier alpha value is -1.76. The fourth-order valence-corrected chi connectivity index (χ4v) is 4.90. The van der Waals surface area contributed by atoms with E-state index in [1.165, 1.54) is 62.2 Å². The second kappa shape index (κ2) is 20.2. The molecule has 0 aromatic carbocycles. The molecule has 228 valence electrons. The van der Waals surface area contributed by atoms with Crippen LogP contribution in [0.4, 0.5) is 0 Å². The Morgan fingerprint density at radius 2 is 1.08 bits per heavy atom. The lowest BCUT2D eigenvalue weighted by atomic mass is 9.96. The van der Waals surface area contributed by atoms with Crippen molar-refractivity contribution in [1.29, 1.82) is 0 Å². The molecular formula is C32H60N2O5. The summed E-state index contributed by atoms with van der Waals surface area (Å²) in [7, 11) is 0. The van der Waals surface area contributed by atoms with Gasteiger partial charge in [-0.15, -0.1) is 0 Å². The number of hydrogen-bond donors (Lipinski definition) is 0. The average Bonchev–Trinajstić information content (AvgIpc) is 2.82. The van der Waals surface area contributed by atoms with E-state index in [-0.39, 0.29) is 23.6 Å². The highest BCUT2D eigenvalue weighted by Gasteiger charge is 2.34. The third-order valence-electron chi connectivity index (χ3n) is 7.48. The van der Waals surface area contributed by atoms with Gasteiger partial charge >= 0.3 is 0 Å². The number of ether oxygens (including phenoxy) is 1. The molecule has 0 aromatic heterocycles. The molecule has 0 fully saturated rings. The minimum Gasteiger partial charge on any atom is -0.375 e. The molecule has 0 saturated heterocycles. The minimum absolute atomic E-state index is 0.115. The summed E-state index contributed by atoms with van der Waals surface area (Å²) in [4.78, 5) is 52.9. The molecule has 0 radical (unpaired) electrons. The van der Waals surface area contributed by atoms with E-state index in [4.69, 9.17) is 4.74 Å². The molecule has 0 aromatic rings. The highest BCUT2D eigenvalue weighted by atomic mass is 16.5. The Morgan fingerprint density at radius 1 is 0.615 bits per heavy atom. The maximum Gasteiger partial charge on any atom is 0.229 e. The molecule has 0 bridgehead atoms. The van der Waals surface area contributed by atoms with Crippen molar-refractivity contribution in [2.24, 2.45) is 0 Å². The van der Waals surface area contributed by atoms with Gasteiger partial charge in [0.1, 0.15) is 0 Å². The van der Waals surface area contributed by atoms with Crippen molar-refractivity contribution in [2.45, 2.75) is 169 Å². The minimum atomic E-state index is -0.667. The number of unbranched alkanes of at least 4 members (excludes halogenated alkanes) is 10. The summed E-state index contributed by atoms with van der Waals surface area (Å²) in [6.45, 7) is 15.6. The summed E-state index contributed by atoms with van der Waals surface area (Å²) in [5, 5.41) is 0. The second-order valence-corrected chi connectivity index (χ2v) is 12.3. The van der Waals surface area contributed by atoms with E-state index in [1.807, 2.05) is 27.7 Å². The topological polar surface area (TPSA) is 84.0 Å². The van der Waals surface area contributed by atoms with Crippen molar-refractivity contribution < 1.29 is 23.9 Å². The molecule has 0 aliphatic heterocycles. The van der Waals surface area contributed by atoms with E-state index in [0.29, 0.717) is 38.8 Å². The van der Waals surface area contributed by atoms with Crippen LogP contribution < -0.4 is 0 Å². The zero-order valence-electron chi connectivity index (χ0n) is 26.7. The van der Waals surface area contributed by atoms with Gasteiger partial charge in [-0.2, -0.15) is 0 Å². The Balaban J connectivity index is 4.74. The van der Waals surface area contributed by atoms with Gasteiger partial charge in [0.25, 0.3) is 0 Å². The number of rotatable bonds is 22. The molecule has 0 saturated carbocycles. The molecule has 0 aliphatic carbocycles.